The van der Waals surface area contributed by atoms with Crippen molar-refractivity contribution in [3.05, 3.63) is 131 Å². The maximum absolute atomic E-state index is 13.4. The van der Waals surface area contributed by atoms with Crippen LogP contribution in [0.5, 0.6) is 5.75 Å². The van der Waals surface area contributed by atoms with E-state index in [9.17, 15) is 22.4 Å². The van der Waals surface area contributed by atoms with Gasteiger partial charge in [-0.1, -0.05) is 24.3 Å². The van der Waals surface area contributed by atoms with E-state index in [1.54, 1.807) is 53.9 Å². The van der Waals surface area contributed by atoms with Crippen molar-refractivity contribution in [3.8, 4) is 5.75 Å². The van der Waals surface area contributed by atoms with Crippen LogP contribution in [0, 0.1) is 12.7 Å². The Balaban J connectivity index is 1.38. The Kier molecular flexibility index (Phi) is 7.85. The van der Waals surface area contributed by atoms with Crippen molar-refractivity contribution >= 4 is 39.1 Å². The number of ether oxygens (including phenoxy) is 1. The molecule has 0 radical (unpaired) electrons. The SMILES string of the molecule is COc1ccccc1NS(=O)(=O)c1cccc(C(=O)NN=Cc2c(C)c(C(=O)c3ccc(F)cc3)n3ccccc23)c1. The van der Waals surface area contributed by atoms with Crippen molar-refractivity contribution < 1.29 is 27.1 Å². The van der Waals surface area contributed by atoms with Crippen LogP contribution in [0.4, 0.5) is 10.1 Å². The predicted molar refractivity (Wildman–Crippen MR) is 157 cm³/mol. The van der Waals surface area contributed by atoms with Gasteiger partial charge in [-0.25, -0.2) is 18.2 Å². The van der Waals surface area contributed by atoms with Gasteiger partial charge in [0.15, 0.2) is 0 Å². The summed E-state index contributed by atoms with van der Waals surface area (Å²) in [5, 5.41) is 4.09. The van der Waals surface area contributed by atoms with Gasteiger partial charge in [0.25, 0.3) is 15.9 Å². The lowest BCUT2D eigenvalue weighted by molar-refractivity contribution is 0.0954. The second kappa shape index (κ2) is 11.7. The summed E-state index contributed by atoms with van der Waals surface area (Å²) in [6.45, 7) is 1.76. The van der Waals surface area contributed by atoms with E-state index in [2.05, 4.69) is 15.2 Å². The van der Waals surface area contributed by atoms with Crippen LogP contribution < -0.4 is 14.9 Å². The van der Waals surface area contributed by atoms with Crippen molar-refractivity contribution in [1.29, 1.82) is 0 Å². The normalized spacial score (nSPS) is 11.5. The highest BCUT2D eigenvalue weighted by atomic mass is 32.2. The number of hydrazone groups is 1. The monoisotopic (exact) mass is 584 g/mol. The van der Waals surface area contributed by atoms with Crippen molar-refractivity contribution in [2.24, 2.45) is 5.10 Å². The van der Waals surface area contributed by atoms with E-state index in [0.717, 1.165) is 0 Å². The summed E-state index contributed by atoms with van der Waals surface area (Å²) in [4.78, 5) is 26.1. The van der Waals surface area contributed by atoms with Crippen molar-refractivity contribution in [2.75, 3.05) is 11.8 Å². The Morgan fingerprint density at radius 2 is 1.67 bits per heavy atom. The maximum Gasteiger partial charge on any atom is 0.271 e. The number of hydrogen-bond acceptors (Lipinski definition) is 6. The molecule has 9 nitrogen and oxygen atoms in total. The fourth-order valence-electron chi connectivity index (χ4n) is 4.50. The molecule has 0 unspecified atom stereocenters. The van der Waals surface area contributed by atoms with Gasteiger partial charge in [0, 0.05) is 22.9 Å². The zero-order chi connectivity index (χ0) is 29.9. The molecule has 212 valence electrons. The fraction of sp³-hybridized carbons (Fsp3) is 0.0645. The first-order valence-corrected chi connectivity index (χ1v) is 14.2. The fourth-order valence-corrected chi connectivity index (χ4v) is 5.61. The number of nitrogens with one attached hydrogen (secondary N) is 2. The van der Waals surface area contributed by atoms with E-state index >= 15 is 0 Å². The van der Waals surface area contributed by atoms with Crippen LogP contribution in [0.1, 0.15) is 37.5 Å². The van der Waals surface area contributed by atoms with Crippen LogP contribution in [0.15, 0.2) is 107 Å². The third-order valence-electron chi connectivity index (χ3n) is 6.57. The van der Waals surface area contributed by atoms with E-state index in [-0.39, 0.29) is 21.9 Å². The van der Waals surface area contributed by atoms with Gasteiger partial charge in [-0.2, -0.15) is 5.10 Å². The molecule has 2 N–H and O–H groups in total. The molecule has 5 rings (SSSR count). The van der Waals surface area contributed by atoms with Crippen molar-refractivity contribution in [1.82, 2.24) is 9.83 Å². The molecule has 0 fully saturated rings. The number of pyridine rings is 1. The number of hydrogen-bond donors (Lipinski definition) is 2. The average Bonchev–Trinajstić information content (AvgIpc) is 3.28. The summed E-state index contributed by atoms with van der Waals surface area (Å²) < 4.78 is 48.8. The number of rotatable bonds is 9. The number of methoxy groups -OCH3 is 1. The topological polar surface area (TPSA) is 118 Å². The number of carbonyl (C=O) groups excluding carboxylic acids is 2. The zero-order valence-electron chi connectivity index (χ0n) is 22.5. The number of halogens is 1. The van der Waals surface area contributed by atoms with E-state index in [1.807, 2.05) is 6.07 Å². The number of benzene rings is 3. The third-order valence-corrected chi connectivity index (χ3v) is 7.94. The number of nitrogens with zero attached hydrogens (tertiary/aromatic N) is 2. The van der Waals surface area contributed by atoms with Crippen LogP contribution >= 0.6 is 0 Å². The molecule has 3 aromatic carbocycles. The molecule has 0 aliphatic rings. The first-order chi connectivity index (χ1) is 20.2. The van der Waals surface area contributed by atoms with Gasteiger partial charge in [-0.15, -0.1) is 0 Å². The van der Waals surface area contributed by atoms with Gasteiger partial charge >= 0.3 is 0 Å². The first-order valence-electron chi connectivity index (χ1n) is 12.7. The Hall–Kier alpha value is -5.29. The number of fused-ring (bicyclic) bond motifs is 1. The summed E-state index contributed by atoms with van der Waals surface area (Å²) >= 11 is 0. The standard InChI is InChI=1S/C31H25FN4O5S/c1-20-25(27-11-5-6-17-36(27)29(20)30(37)21-13-15-23(32)16-14-21)19-33-34-31(38)22-8-7-9-24(18-22)42(39,40)35-26-10-3-4-12-28(26)41-2/h3-19,35H,1-2H3,(H,34,38). The van der Waals surface area contributed by atoms with Crippen LogP contribution in [-0.4, -0.2) is 37.8 Å². The molecule has 0 aliphatic carbocycles. The Morgan fingerprint density at radius 1 is 0.929 bits per heavy atom. The molecule has 11 heteroatoms. The van der Waals surface area contributed by atoms with Gasteiger partial charge in [-0.3, -0.25) is 14.3 Å². The molecular weight excluding hydrogens is 559 g/mol. The number of carbonyl (C=O) groups is 2. The Labute approximate surface area is 241 Å². The number of amides is 1. The van der Waals surface area contributed by atoms with E-state index in [4.69, 9.17) is 4.74 Å². The lowest BCUT2D eigenvalue weighted by atomic mass is 10.0. The van der Waals surface area contributed by atoms with Crippen LogP contribution in [0.3, 0.4) is 0 Å². The van der Waals surface area contributed by atoms with E-state index in [0.29, 0.717) is 33.7 Å². The summed E-state index contributed by atoms with van der Waals surface area (Å²) in [5.41, 5.74) is 5.34. The van der Waals surface area contributed by atoms with Gasteiger partial charge < -0.3 is 9.14 Å². The maximum atomic E-state index is 13.4. The van der Waals surface area contributed by atoms with Gasteiger partial charge in [-0.05, 0) is 79.2 Å². The van der Waals surface area contributed by atoms with Crippen molar-refractivity contribution in [3.63, 3.8) is 0 Å². The number of sulfonamides is 1. The second-order valence-electron chi connectivity index (χ2n) is 9.21. The number of ketones is 1. The molecule has 0 saturated carbocycles. The minimum absolute atomic E-state index is 0.0701. The number of para-hydroxylation sites is 2. The quantitative estimate of drug-likeness (QED) is 0.140. The predicted octanol–water partition coefficient (Wildman–Crippen LogP) is 5.19. The van der Waals surface area contributed by atoms with Crippen LogP contribution in [0.25, 0.3) is 5.52 Å². The molecule has 5 aromatic rings. The van der Waals surface area contributed by atoms with Gasteiger partial charge in [0.2, 0.25) is 5.78 Å². The summed E-state index contributed by atoms with van der Waals surface area (Å²) in [7, 11) is -2.60. The molecular formula is C31H25FN4O5S. The van der Waals surface area contributed by atoms with E-state index in [1.165, 1.54) is 61.9 Å². The largest absolute Gasteiger partial charge is 0.495 e. The Morgan fingerprint density at radius 3 is 2.43 bits per heavy atom. The minimum Gasteiger partial charge on any atom is -0.495 e. The molecule has 0 saturated heterocycles. The van der Waals surface area contributed by atoms with E-state index < -0.39 is 21.7 Å². The van der Waals surface area contributed by atoms with Gasteiger partial charge in [0.1, 0.15) is 11.6 Å². The number of anilines is 1. The Bertz CT molecular complexity index is 1950. The van der Waals surface area contributed by atoms with Crippen LogP contribution in [0.2, 0.25) is 0 Å². The highest BCUT2D eigenvalue weighted by Gasteiger charge is 2.21. The smallest absolute Gasteiger partial charge is 0.271 e. The molecule has 0 atom stereocenters. The lowest BCUT2D eigenvalue weighted by Gasteiger charge is -2.12. The molecule has 42 heavy (non-hydrogen) atoms. The highest BCUT2D eigenvalue weighted by Crippen LogP contribution is 2.27. The third kappa shape index (κ3) is 5.63. The number of aromatic nitrogens is 1. The highest BCUT2D eigenvalue weighted by molar-refractivity contribution is 7.92. The van der Waals surface area contributed by atoms with Crippen LogP contribution in [-0.2, 0) is 10.0 Å². The molecule has 0 spiro atoms. The molecule has 0 aliphatic heterocycles. The zero-order valence-corrected chi connectivity index (χ0v) is 23.4. The molecule has 0 bridgehead atoms. The summed E-state index contributed by atoms with van der Waals surface area (Å²) in [5.74, 6) is -1.02. The van der Waals surface area contributed by atoms with Gasteiger partial charge in [0.05, 0.1) is 35.1 Å². The summed E-state index contributed by atoms with van der Waals surface area (Å²) in [6.07, 6.45) is 3.16. The molecule has 2 heterocycles. The molecule has 1 amide bonds. The molecule has 2 aromatic heterocycles. The lowest BCUT2D eigenvalue weighted by Crippen LogP contribution is -2.19. The first kappa shape index (κ1) is 28.2. The summed E-state index contributed by atoms with van der Waals surface area (Å²) in [6, 6.07) is 22.8. The minimum atomic E-state index is -4.03. The second-order valence-corrected chi connectivity index (χ2v) is 10.9. The average molecular weight is 585 g/mol. The van der Waals surface area contributed by atoms with Crippen molar-refractivity contribution in [2.45, 2.75) is 11.8 Å².